The van der Waals surface area contributed by atoms with Gasteiger partial charge in [0, 0.05) is 19.1 Å². The standard InChI is InChI=1S/C9H19N3O3/c1-6(2)7(5-8(13)14)12-9(15)11-4-3-10/h6-7H,3-5,10H2,1-2H3,(H,13,14)(H2,11,12,15). The minimum Gasteiger partial charge on any atom is -0.481 e. The minimum absolute atomic E-state index is 0.0738. The smallest absolute Gasteiger partial charge is 0.315 e. The molecule has 5 N–H and O–H groups in total. The van der Waals surface area contributed by atoms with Crippen molar-refractivity contribution < 1.29 is 14.7 Å². The number of nitrogens with two attached hydrogens (primary N) is 1. The summed E-state index contributed by atoms with van der Waals surface area (Å²) < 4.78 is 0. The van der Waals surface area contributed by atoms with Gasteiger partial charge in [0.2, 0.25) is 0 Å². The van der Waals surface area contributed by atoms with Crippen LogP contribution in [-0.2, 0) is 4.79 Å². The van der Waals surface area contributed by atoms with Crippen LogP contribution in [0.1, 0.15) is 20.3 Å². The number of nitrogens with one attached hydrogen (secondary N) is 2. The summed E-state index contributed by atoms with van der Waals surface area (Å²) >= 11 is 0. The molecule has 1 unspecified atom stereocenters. The molecule has 6 nitrogen and oxygen atoms in total. The van der Waals surface area contributed by atoms with E-state index in [1.54, 1.807) is 0 Å². The maximum absolute atomic E-state index is 11.2. The predicted octanol–water partition coefficient (Wildman–Crippen LogP) is -0.256. The number of aliphatic carboxylic acids is 1. The molecule has 0 fully saturated rings. The molecular weight excluding hydrogens is 198 g/mol. The van der Waals surface area contributed by atoms with Crippen LogP contribution in [0.15, 0.2) is 0 Å². The highest BCUT2D eigenvalue weighted by atomic mass is 16.4. The number of carboxylic acids is 1. The van der Waals surface area contributed by atoms with Gasteiger partial charge in [-0.3, -0.25) is 4.79 Å². The second-order valence-corrected chi connectivity index (χ2v) is 3.64. The van der Waals surface area contributed by atoms with Crippen LogP contribution in [0.5, 0.6) is 0 Å². The SMILES string of the molecule is CC(C)C(CC(=O)O)NC(=O)NCCN. The van der Waals surface area contributed by atoms with E-state index in [9.17, 15) is 9.59 Å². The molecule has 0 aliphatic rings. The van der Waals surface area contributed by atoms with Crippen LogP contribution in [0.2, 0.25) is 0 Å². The molecule has 0 aromatic carbocycles. The molecule has 0 saturated heterocycles. The number of rotatable bonds is 6. The summed E-state index contributed by atoms with van der Waals surface area (Å²) in [7, 11) is 0. The molecule has 0 aliphatic carbocycles. The molecule has 6 heteroatoms. The summed E-state index contributed by atoms with van der Waals surface area (Å²) in [4.78, 5) is 21.7. The fraction of sp³-hybridized carbons (Fsp3) is 0.778. The van der Waals surface area contributed by atoms with Gasteiger partial charge in [0.25, 0.3) is 0 Å². The quantitative estimate of drug-likeness (QED) is 0.492. The van der Waals surface area contributed by atoms with Crippen LogP contribution in [0.25, 0.3) is 0 Å². The first-order chi connectivity index (χ1) is 6.97. The third-order valence-electron chi connectivity index (χ3n) is 1.95. The Morgan fingerprint density at radius 2 is 2.00 bits per heavy atom. The molecular formula is C9H19N3O3. The van der Waals surface area contributed by atoms with E-state index in [4.69, 9.17) is 10.8 Å². The lowest BCUT2D eigenvalue weighted by Crippen LogP contribution is -2.46. The van der Waals surface area contributed by atoms with Gasteiger partial charge in [-0.15, -0.1) is 0 Å². The zero-order chi connectivity index (χ0) is 11.8. The average molecular weight is 217 g/mol. The van der Waals surface area contributed by atoms with E-state index >= 15 is 0 Å². The highest BCUT2D eigenvalue weighted by molar-refractivity contribution is 5.75. The van der Waals surface area contributed by atoms with Gasteiger partial charge >= 0.3 is 12.0 Å². The zero-order valence-electron chi connectivity index (χ0n) is 9.12. The molecule has 0 rings (SSSR count). The lowest BCUT2D eigenvalue weighted by atomic mass is 10.0. The van der Waals surface area contributed by atoms with E-state index in [0.717, 1.165) is 0 Å². The van der Waals surface area contributed by atoms with Gasteiger partial charge in [0.05, 0.1) is 6.42 Å². The van der Waals surface area contributed by atoms with Crippen LogP contribution in [0.3, 0.4) is 0 Å². The second kappa shape index (κ2) is 7.05. The molecule has 15 heavy (non-hydrogen) atoms. The zero-order valence-corrected chi connectivity index (χ0v) is 9.12. The van der Waals surface area contributed by atoms with Gasteiger partial charge in [0.1, 0.15) is 0 Å². The Bertz CT molecular complexity index is 219. The van der Waals surface area contributed by atoms with Crippen LogP contribution in [0, 0.1) is 5.92 Å². The molecule has 88 valence electrons. The molecule has 2 amide bonds. The number of hydrogen-bond acceptors (Lipinski definition) is 3. The first kappa shape index (κ1) is 13.7. The van der Waals surface area contributed by atoms with Crippen molar-refractivity contribution in [3.8, 4) is 0 Å². The Kier molecular flexibility index (Phi) is 6.44. The number of hydrogen-bond donors (Lipinski definition) is 4. The van der Waals surface area contributed by atoms with E-state index < -0.39 is 5.97 Å². The van der Waals surface area contributed by atoms with Crippen molar-refractivity contribution in [2.75, 3.05) is 13.1 Å². The lowest BCUT2D eigenvalue weighted by Gasteiger charge is -2.20. The van der Waals surface area contributed by atoms with Crippen molar-refractivity contribution in [2.45, 2.75) is 26.3 Å². The summed E-state index contributed by atoms with van der Waals surface area (Å²) in [5.41, 5.74) is 5.21. The summed E-state index contributed by atoms with van der Waals surface area (Å²) in [6.45, 7) is 4.45. The molecule has 0 aromatic rings. The van der Waals surface area contributed by atoms with Crippen molar-refractivity contribution in [3.05, 3.63) is 0 Å². The Hall–Kier alpha value is -1.30. The number of carbonyl (C=O) groups excluding carboxylic acids is 1. The lowest BCUT2D eigenvalue weighted by molar-refractivity contribution is -0.137. The highest BCUT2D eigenvalue weighted by Crippen LogP contribution is 2.05. The van der Waals surface area contributed by atoms with E-state index in [1.165, 1.54) is 0 Å². The van der Waals surface area contributed by atoms with Crippen molar-refractivity contribution >= 4 is 12.0 Å². The normalized spacial score (nSPS) is 12.3. The van der Waals surface area contributed by atoms with Crippen molar-refractivity contribution in [1.82, 2.24) is 10.6 Å². The summed E-state index contributed by atoms with van der Waals surface area (Å²) in [6.07, 6.45) is -0.0757. The summed E-state index contributed by atoms with van der Waals surface area (Å²) in [5.74, 6) is -0.849. The first-order valence-electron chi connectivity index (χ1n) is 4.93. The van der Waals surface area contributed by atoms with E-state index in [0.29, 0.717) is 13.1 Å². The Balaban J connectivity index is 4.04. The van der Waals surface area contributed by atoms with E-state index in [2.05, 4.69) is 10.6 Å². The third-order valence-corrected chi connectivity index (χ3v) is 1.95. The number of urea groups is 1. The molecule has 0 aliphatic heterocycles. The fourth-order valence-corrected chi connectivity index (χ4v) is 1.05. The molecule has 0 aromatic heterocycles. The van der Waals surface area contributed by atoms with Gasteiger partial charge in [-0.05, 0) is 5.92 Å². The van der Waals surface area contributed by atoms with Gasteiger partial charge in [0.15, 0.2) is 0 Å². The Morgan fingerprint density at radius 1 is 1.40 bits per heavy atom. The van der Waals surface area contributed by atoms with Crippen LogP contribution >= 0.6 is 0 Å². The molecule has 0 spiro atoms. The summed E-state index contributed by atoms with van der Waals surface area (Å²) in [6, 6.07) is -0.735. The fourth-order valence-electron chi connectivity index (χ4n) is 1.05. The number of carbonyl (C=O) groups is 2. The largest absolute Gasteiger partial charge is 0.481 e. The van der Waals surface area contributed by atoms with E-state index in [1.807, 2.05) is 13.8 Å². The van der Waals surface area contributed by atoms with Crippen LogP contribution < -0.4 is 16.4 Å². The predicted molar refractivity (Wildman–Crippen MR) is 56.5 cm³/mol. The third kappa shape index (κ3) is 6.73. The molecule has 0 heterocycles. The second-order valence-electron chi connectivity index (χ2n) is 3.64. The molecule has 0 saturated carbocycles. The topological polar surface area (TPSA) is 104 Å². The Labute approximate surface area is 89.2 Å². The average Bonchev–Trinajstić information content (AvgIpc) is 2.12. The van der Waals surface area contributed by atoms with Crippen LogP contribution in [-0.4, -0.2) is 36.2 Å². The number of carboxylic acid groups (broad SMARTS) is 1. The minimum atomic E-state index is -0.923. The van der Waals surface area contributed by atoms with E-state index in [-0.39, 0.29) is 24.4 Å². The van der Waals surface area contributed by atoms with Crippen LogP contribution in [0.4, 0.5) is 4.79 Å². The molecule has 0 radical (unpaired) electrons. The summed E-state index contributed by atoms with van der Waals surface area (Å²) in [5, 5.41) is 13.7. The maximum atomic E-state index is 11.2. The molecule has 1 atom stereocenters. The highest BCUT2D eigenvalue weighted by Gasteiger charge is 2.18. The Morgan fingerprint density at radius 3 is 2.40 bits per heavy atom. The number of amides is 2. The first-order valence-corrected chi connectivity index (χ1v) is 4.93. The van der Waals surface area contributed by atoms with Gasteiger partial charge < -0.3 is 21.5 Å². The van der Waals surface area contributed by atoms with Gasteiger partial charge in [-0.2, -0.15) is 0 Å². The maximum Gasteiger partial charge on any atom is 0.315 e. The monoisotopic (exact) mass is 217 g/mol. The van der Waals surface area contributed by atoms with Gasteiger partial charge in [-0.1, -0.05) is 13.8 Å². The van der Waals surface area contributed by atoms with Crippen molar-refractivity contribution in [3.63, 3.8) is 0 Å². The van der Waals surface area contributed by atoms with Crippen molar-refractivity contribution in [2.24, 2.45) is 11.7 Å². The van der Waals surface area contributed by atoms with Gasteiger partial charge in [-0.25, -0.2) is 4.79 Å². The van der Waals surface area contributed by atoms with Crippen molar-refractivity contribution in [1.29, 1.82) is 0 Å². The molecule has 0 bridgehead atoms.